The van der Waals surface area contributed by atoms with E-state index < -0.39 is 11.6 Å². The summed E-state index contributed by atoms with van der Waals surface area (Å²) in [6, 6.07) is 3.66. The van der Waals surface area contributed by atoms with Gasteiger partial charge in [-0.2, -0.15) is 0 Å². The molecule has 0 amide bonds. The lowest BCUT2D eigenvalue weighted by Crippen LogP contribution is -2.22. The molecule has 1 rings (SSSR count). The zero-order chi connectivity index (χ0) is 12.7. The molecule has 0 radical (unpaired) electrons. The molecule has 0 aliphatic rings. The fourth-order valence-corrected chi connectivity index (χ4v) is 1.77. The van der Waals surface area contributed by atoms with Gasteiger partial charge in [0.25, 0.3) is 0 Å². The van der Waals surface area contributed by atoms with Gasteiger partial charge in [-0.15, -0.1) is 6.58 Å². The van der Waals surface area contributed by atoms with Crippen molar-refractivity contribution in [3.8, 4) is 0 Å². The van der Waals surface area contributed by atoms with Gasteiger partial charge in [-0.25, -0.2) is 8.78 Å². The van der Waals surface area contributed by atoms with Gasteiger partial charge in [0.15, 0.2) is 0 Å². The smallest absolute Gasteiger partial charge is 0.126 e. The molecule has 1 atom stereocenters. The lowest BCUT2D eigenvalue weighted by atomic mass is 10.0. The third kappa shape index (κ3) is 4.65. The number of nitrogens with one attached hydrogen (secondary N) is 1. The summed E-state index contributed by atoms with van der Waals surface area (Å²) < 4.78 is 26.3. The predicted octanol–water partition coefficient (Wildman–Crippen LogP) is 3.97. The van der Waals surface area contributed by atoms with E-state index in [0.717, 1.165) is 31.9 Å². The van der Waals surface area contributed by atoms with Crippen LogP contribution in [-0.4, -0.2) is 6.54 Å². The maximum atomic E-state index is 13.1. The van der Waals surface area contributed by atoms with Crippen molar-refractivity contribution in [3.63, 3.8) is 0 Å². The number of allylic oxidation sites excluding steroid dienone is 1. The molecule has 0 aromatic heterocycles. The second-order valence-electron chi connectivity index (χ2n) is 4.08. The van der Waals surface area contributed by atoms with Crippen LogP contribution in [0.4, 0.5) is 8.78 Å². The van der Waals surface area contributed by atoms with Crippen LogP contribution in [0.1, 0.15) is 37.8 Å². The van der Waals surface area contributed by atoms with Crippen LogP contribution in [0.2, 0.25) is 0 Å². The standard InChI is InChI=1S/C14H19F2N/c1-3-5-6-14(17-7-4-2)11-8-12(15)10-13(16)9-11/h3,8-10,14,17H,1,4-7H2,2H3. The van der Waals surface area contributed by atoms with Crippen LogP contribution < -0.4 is 5.32 Å². The van der Waals surface area contributed by atoms with Gasteiger partial charge < -0.3 is 5.32 Å². The number of benzene rings is 1. The Balaban J connectivity index is 2.82. The first-order valence-corrected chi connectivity index (χ1v) is 5.97. The lowest BCUT2D eigenvalue weighted by Gasteiger charge is -2.18. The first-order chi connectivity index (χ1) is 8.17. The first kappa shape index (κ1) is 13.8. The summed E-state index contributed by atoms with van der Waals surface area (Å²) in [5.41, 5.74) is 0.665. The van der Waals surface area contributed by atoms with Crippen molar-refractivity contribution < 1.29 is 8.78 Å². The molecular formula is C14H19F2N. The Morgan fingerprint density at radius 1 is 1.29 bits per heavy atom. The summed E-state index contributed by atoms with van der Waals surface area (Å²) in [5.74, 6) is -1.05. The summed E-state index contributed by atoms with van der Waals surface area (Å²) in [5, 5.41) is 3.29. The van der Waals surface area contributed by atoms with Gasteiger partial charge in [0.2, 0.25) is 0 Å². The van der Waals surface area contributed by atoms with Crippen molar-refractivity contribution in [1.29, 1.82) is 0 Å². The Morgan fingerprint density at radius 2 is 1.94 bits per heavy atom. The second-order valence-corrected chi connectivity index (χ2v) is 4.08. The minimum atomic E-state index is -0.526. The zero-order valence-corrected chi connectivity index (χ0v) is 10.2. The van der Waals surface area contributed by atoms with E-state index in [9.17, 15) is 8.78 Å². The molecule has 1 N–H and O–H groups in total. The van der Waals surface area contributed by atoms with E-state index in [2.05, 4.69) is 18.8 Å². The van der Waals surface area contributed by atoms with Gasteiger partial charge in [0.05, 0.1) is 0 Å². The zero-order valence-electron chi connectivity index (χ0n) is 10.2. The Labute approximate surface area is 102 Å². The molecule has 1 unspecified atom stereocenters. The highest BCUT2D eigenvalue weighted by Crippen LogP contribution is 2.21. The van der Waals surface area contributed by atoms with Gasteiger partial charge in [-0.1, -0.05) is 13.0 Å². The van der Waals surface area contributed by atoms with Crippen LogP contribution >= 0.6 is 0 Å². The van der Waals surface area contributed by atoms with E-state index in [-0.39, 0.29) is 6.04 Å². The van der Waals surface area contributed by atoms with Gasteiger partial charge in [0.1, 0.15) is 11.6 Å². The quantitative estimate of drug-likeness (QED) is 0.710. The number of hydrogen-bond acceptors (Lipinski definition) is 1. The Morgan fingerprint density at radius 3 is 2.47 bits per heavy atom. The molecule has 1 nitrogen and oxygen atoms in total. The third-order valence-electron chi connectivity index (χ3n) is 2.59. The monoisotopic (exact) mass is 239 g/mol. The van der Waals surface area contributed by atoms with Crippen LogP contribution in [0.3, 0.4) is 0 Å². The summed E-state index contributed by atoms with van der Waals surface area (Å²) in [4.78, 5) is 0. The highest BCUT2D eigenvalue weighted by molar-refractivity contribution is 5.21. The molecule has 0 bridgehead atoms. The van der Waals surface area contributed by atoms with Gasteiger partial charge >= 0.3 is 0 Å². The number of rotatable bonds is 7. The molecule has 17 heavy (non-hydrogen) atoms. The summed E-state index contributed by atoms with van der Waals surface area (Å²) in [7, 11) is 0. The molecule has 0 spiro atoms. The third-order valence-corrected chi connectivity index (χ3v) is 2.59. The first-order valence-electron chi connectivity index (χ1n) is 5.97. The molecule has 1 aromatic rings. The molecule has 0 aliphatic carbocycles. The molecule has 0 fully saturated rings. The van der Waals surface area contributed by atoms with Crippen molar-refractivity contribution >= 4 is 0 Å². The van der Waals surface area contributed by atoms with E-state index in [1.54, 1.807) is 0 Å². The molecular weight excluding hydrogens is 220 g/mol. The van der Waals surface area contributed by atoms with Crippen molar-refractivity contribution in [3.05, 3.63) is 48.1 Å². The molecule has 0 heterocycles. The fourth-order valence-electron chi connectivity index (χ4n) is 1.77. The topological polar surface area (TPSA) is 12.0 Å². The van der Waals surface area contributed by atoms with Crippen molar-refractivity contribution in [2.24, 2.45) is 0 Å². The van der Waals surface area contributed by atoms with E-state index in [1.165, 1.54) is 12.1 Å². The second kappa shape index (κ2) is 7.17. The van der Waals surface area contributed by atoms with E-state index >= 15 is 0 Å². The lowest BCUT2D eigenvalue weighted by molar-refractivity contribution is 0.493. The highest BCUT2D eigenvalue weighted by atomic mass is 19.1. The molecule has 94 valence electrons. The Kier molecular flexibility index (Phi) is 5.84. The van der Waals surface area contributed by atoms with E-state index in [0.29, 0.717) is 5.56 Å². The largest absolute Gasteiger partial charge is 0.310 e. The van der Waals surface area contributed by atoms with Crippen LogP contribution in [0.15, 0.2) is 30.9 Å². The van der Waals surface area contributed by atoms with Gasteiger partial charge in [0, 0.05) is 12.1 Å². The minimum absolute atomic E-state index is 0.0156. The highest BCUT2D eigenvalue weighted by Gasteiger charge is 2.12. The van der Waals surface area contributed by atoms with Crippen LogP contribution in [0.25, 0.3) is 0 Å². The number of halogens is 2. The van der Waals surface area contributed by atoms with E-state index in [1.807, 2.05) is 6.08 Å². The van der Waals surface area contributed by atoms with Gasteiger partial charge in [-0.3, -0.25) is 0 Å². The van der Waals surface area contributed by atoms with Crippen LogP contribution in [-0.2, 0) is 0 Å². The maximum Gasteiger partial charge on any atom is 0.126 e. The fraction of sp³-hybridized carbons (Fsp3) is 0.429. The van der Waals surface area contributed by atoms with Crippen molar-refractivity contribution in [2.45, 2.75) is 32.2 Å². The number of hydrogen-bond donors (Lipinski definition) is 1. The molecule has 3 heteroatoms. The maximum absolute atomic E-state index is 13.1. The molecule has 0 saturated carbocycles. The van der Waals surface area contributed by atoms with Crippen molar-refractivity contribution in [2.75, 3.05) is 6.54 Å². The normalized spacial score (nSPS) is 12.4. The molecule has 0 aliphatic heterocycles. The predicted molar refractivity (Wildman–Crippen MR) is 66.8 cm³/mol. The minimum Gasteiger partial charge on any atom is -0.310 e. The Bertz CT molecular complexity index is 343. The van der Waals surface area contributed by atoms with Gasteiger partial charge in [-0.05, 0) is 43.5 Å². The summed E-state index contributed by atoms with van der Waals surface area (Å²) in [6.45, 7) is 6.56. The molecule has 0 saturated heterocycles. The van der Waals surface area contributed by atoms with Crippen LogP contribution in [0, 0.1) is 11.6 Å². The summed E-state index contributed by atoms with van der Waals surface area (Å²) in [6.07, 6.45) is 4.42. The molecule has 1 aromatic carbocycles. The average Bonchev–Trinajstić information content (AvgIpc) is 2.28. The SMILES string of the molecule is C=CCCC(NCCC)c1cc(F)cc(F)c1. The Hall–Kier alpha value is -1.22. The van der Waals surface area contributed by atoms with Crippen molar-refractivity contribution in [1.82, 2.24) is 5.32 Å². The van der Waals surface area contributed by atoms with E-state index in [4.69, 9.17) is 0 Å². The average molecular weight is 239 g/mol. The summed E-state index contributed by atoms with van der Waals surface area (Å²) >= 11 is 0. The van der Waals surface area contributed by atoms with Crippen LogP contribution in [0.5, 0.6) is 0 Å².